The molecule has 7 heteroatoms. The number of halogens is 1. The Morgan fingerprint density at radius 3 is 2.35 bits per heavy atom. The number of unbranched alkanes of at least 4 members (excludes halogenated alkanes) is 2. The van der Waals surface area contributed by atoms with Gasteiger partial charge in [-0.3, -0.25) is 9.69 Å². The van der Waals surface area contributed by atoms with E-state index in [1.165, 1.54) is 12.1 Å². The molecule has 0 spiro atoms. The highest BCUT2D eigenvalue weighted by Crippen LogP contribution is 2.19. The maximum atomic E-state index is 13.2. The molecule has 0 aromatic heterocycles. The van der Waals surface area contributed by atoms with Crippen molar-refractivity contribution in [2.75, 3.05) is 26.3 Å². The molecular formula is C27H35FN2O4. The highest BCUT2D eigenvalue weighted by Gasteiger charge is 2.32. The molecule has 0 saturated carbocycles. The maximum absolute atomic E-state index is 13.2. The molecule has 2 aromatic carbocycles. The Morgan fingerprint density at radius 2 is 1.68 bits per heavy atom. The van der Waals surface area contributed by atoms with Crippen LogP contribution in [0.15, 0.2) is 48.5 Å². The lowest BCUT2D eigenvalue weighted by Gasteiger charge is -2.44. The fourth-order valence-electron chi connectivity index (χ4n) is 4.11. The average Bonchev–Trinajstić information content (AvgIpc) is 2.84. The van der Waals surface area contributed by atoms with E-state index >= 15 is 0 Å². The van der Waals surface area contributed by atoms with Crippen LogP contribution in [0.25, 0.3) is 0 Å². The smallest absolute Gasteiger partial charge is 0.338 e. The van der Waals surface area contributed by atoms with E-state index < -0.39 is 0 Å². The zero-order valence-electron chi connectivity index (χ0n) is 20.3. The van der Waals surface area contributed by atoms with E-state index in [4.69, 9.17) is 9.47 Å². The molecule has 3 rings (SSSR count). The summed E-state index contributed by atoms with van der Waals surface area (Å²) in [7, 11) is 0. The van der Waals surface area contributed by atoms with Crippen LogP contribution in [0.5, 0.6) is 5.75 Å². The third kappa shape index (κ3) is 7.29. The van der Waals surface area contributed by atoms with Gasteiger partial charge in [0, 0.05) is 31.7 Å². The Hall–Kier alpha value is -2.93. The van der Waals surface area contributed by atoms with Gasteiger partial charge in [0.1, 0.15) is 11.6 Å². The summed E-state index contributed by atoms with van der Waals surface area (Å²) in [5.41, 5.74) is 1.52. The van der Waals surface area contributed by atoms with Gasteiger partial charge in [0.2, 0.25) is 0 Å². The van der Waals surface area contributed by atoms with Crippen LogP contribution in [-0.4, -0.2) is 60.1 Å². The van der Waals surface area contributed by atoms with E-state index in [0.29, 0.717) is 24.5 Å². The summed E-state index contributed by atoms with van der Waals surface area (Å²) in [6.45, 7) is 8.65. The molecule has 0 radical (unpaired) electrons. The molecular weight excluding hydrogens is 435 g/mol. The summed E-state index contributed by atoms with van der Waals surface area (Å²) in [6.07, 6.45) is 2.98. The number of hydrogen-bond acceptors (Lipinski definition) is 5. The van der Waals surface area contributed by atoms with Crippen LogP contribution in [0.2, 0.25) is 0 Å². The lowest BCUT2D eigenvalue weighted by atomic mass is 10.1. The van der Waals surface area contributed by atoms with Crippen LogP contribution in [0, 0.1) is 5.82 Å². The summed E-state index contributed by atoms with van der Waals surface area (Å²) in [4.78, 5) is 29.1. The first kappa shape index (κ1) is 25.7. The number of nitrogens with zero attached hydrogens (tertiary/aromatic N) is 2. The number of esters is 1. The Labute approximate surface area is 201 Å². The summed E-state index contributed by atoms with van der Waals surface area (Å²) in [6, 6.07) is 13.4. The summed E-state index contributed by atoms with van der Waals surface area (Å²) >= 11 is 0. The largest absolute Gasteiger partial charge is 0.484 e. The van der Waals surface area contributed by atoms with E-state index in [1.54, 1.807) is 36.4 Å². The molecule has 0 unspecified atom stereocenters. The van der Waals surface area contributed by atoms with Gasteiger partial charge in [-0.05, 0) is 62.2 Å². The summed E-state index contributed by atoms with van der Waals surface area (Å²) in [5, 5.41) is 0. The van der Waals surface area contributed by atoms with Crippen molar-refractivity contribution in [1.82, 2.24) is 9.80 Å². The van der Waals surface area contributed by atoms with Crippen LogP contribution in [-0.2, 0) is 16.1 Å². The number of hydrogen-bond donors (Lipinski definition) is 0. The number of carbonyl (C=O) groups excluding carboxylic acids is 2. The minimum atomic E-state index is -0.347. The number of ether oxygens (including phenoxy) is 2. The highest BCUT2D eigenvalue weighted by molar-refractivity contribution is 5.89. The minimum Gasteiger partial charge on any atom is -0.484 e. The second-order valence-electron chi connectivity index (χ2n) is 8.96. The minimum absolute atomic E-state index is 0.0394. The molecule has 1 saturated heterocycles. The van der Waals surface area contributed by atoms with E-state index in [-0.39, 0.29) is 36.4 Å². The van der Waals surface area contributed by atoms with Crippen molar-refractivity contribution in [2.45, 2.75) is 58.7 Å². The number of piperazine rings is 1. The molecule has 1 fully saturated rings. The number of benzene rings is 2. The van der Waals surface area contributed by atoms with Crippen molar-refractivity contribution in [3.05, 3.63) is 65.5 Å². The Bertz CT molecular complexity index is 933. The maximum Gasteiger partial charge on any atom is 0.338 e. The van der Waals surface area contributed by atoms with Gasteiger partial charge in [-0.25, -0.2) is 9.18 Å². The fraction of sp³-hybridized carbons (Fsp3) is 0.481. The molecule has 2 aromatic rings. The molecule has 1 amide bonds. The molecule has 1 heterocycles. The molecule has 0 N–H and O–H groups in total. The van der Waals surface area contributed by atoms with Crippen LogP contribution in [0.1, 0.15) is 56.0 Å². The fourth-order valence-corrected chi connectivity index (χ4v) is 4.11. The van der Waals surface area contributed by atoms with Crippen molar-refractivity contribution in [1.29, 1.82) is 0 Å². The van der Waals surface area contributed by atoms with Crippen molar-refractivity contribution in [3.8, 4) is 5.75 Å². The zero-order chi connectivity index (χ0) is 24.5. The third-order valence-corrected chi connectivity index (χ3v) is 6.17. The molecule has 0 bridgehead atoms. The van der Waals surface area contributed by atoms with Gasteiger partial charge in [-0.2, -0.15) is 0 Å². The average molecular weight is 471 g/mol. The van der Waals surface area contributed by atoms with Gasteiger partial charge in [-0.1, -0.05) is 31.9 Å². The molecule has 34 heavy (non-hydrogen) atoms. The van der Waals surface area contributed by atoms with Gasteiger partial charge in [-0.15, -0.1) is 0 Å². The quantitative estimate of drug-likeness (QED) is 0.373. The van der Waals surface area contributed by atoms with Crippen LogP contribution < -0.4 is 4.74 Å². The second kappa shape index (κ2) is 12.5. The summed E-state index contributed by atoms with van der Waals surface area (Å²) in [5.74, 6) is -0.121. The van der Waals surface area contributed by atoms with Crippen molar-refractivity contribution >= 4 is 11.9 Å². The lowest BCUT2D eigenvalue weighted by Crippen LogP contribution is -2.58. The van der Waals surface area contributed by atoms with Gasteiger partial charge < -0.3 is 14.4 Å². The lowest BCUT2D eigenvalue weighted by molar-refractivity contribution is -0.139. The van der Waals surface area contributed by atoms with E-state index in [9.17, 15) is 14.0 Å². The first-order valence-electron chi connectivity index (χ1n) is 12.0. The zero-order valence-corrected chi connectivity index (χ0v) is 20.3. The molecule has 184 valence electrons. The van der Waals surface area contributed by atoms with Crippen molar-refractivity contribution in [2.24, 2.45) is 0 Å². The molecule has 1 aliphatic heterocycles. The molecule has 2 atom stereocenters. The number of amides is 1. The predicted octanol–water partition coefficient (Wildman–Crippen LogP) is 4.67. The third-order valence-electron chi connectivity index (χ3n) is 6.17. The van der Waals surface area contributed by atoms with E-state index in [1.807, 2.05) is 11.8 Å². The predicted molar refractivity (Wildman–Crippen MR) is 129 cm³/mol. The summed E-state index contributed by atoms with van der Waals surface area (Å²) < 4.78 is 24.1. The van der Waals surface area contributed by atoms with Crippen molar-refractivity contribution in [3.63, 3.8) is 0 Å². The Morgan fingerprint density at radius 1 is 0.971 bits per heavy atom. The highest BCUT2D eigenvalue weighted by atomic mass is 19.1. The first-order chi connectivity index (χ1) is 16.4. The molecule has 1 aliphatic rings. The monoisotopic (exact) mass is 470 g/mol. The normalized spacial score (nSPS) is 18.5. The molecule has 0 aliphatic carbocycles. The first-order valence-corrected chi connectivity index (χ1v) is 12.0. The van der Waals surface area contributed by atoms with Crippen LogP contribution >= 0.6 is 0 Å². The van der Waals surface area contributed by atoms with Gasteiger partial charge in [0.15, 0.2) is 6.61 Å². The van der Waals surface area contributed by atoms with Gasteiger partial charge in [0.05, 0.1) is 12.2 Å². The van der Waals surface area contributed by atoms with Crippen molar-refractivity contribution < 1.29 is 23.5 Å². The van der Waals surface area contributed by atoms with Gasteiger partial charge in [0.25, 0.3) is 5.91 Å². The Balaban J connectivity index is 1.46. The molecule has 6 nitrogen and oxygen atoms in total. The topological polar surface area (TPSA) is 59.1 Å². The van der Waals surface area contributed by atoms with Crippen LogP contribution in [0.3, 0.4) is 0 Å². The van der Waals surface area contributed by atoms with Crippen LogP contribution in [0.4, 0.5) is 4.39 Å². The number of carbonyl (C=O) groups is 2. The van der Waals surface area contributed by atoms with E-state index in [2.05, 4.69) is 18.7 Å². The Kier molecular flexibility index (Phi) is 9.45. The van der Waals surface area contributed by atoms with Gasteiger partial charge >= 0.3 is 5.97 Å². The SMILES string of the molecule is CCCCCOC(=O)c1ccc(OCC(=O)N2C[C@@H](C)N(Cc3ccc(F)cc3)C[C@@H]2C)cc1. The second-order valence-corrected chi connectivity index (χ2v) is 8.96. The standard InChI is InChI=1S/C27H35FN2O4/c1-4-5-6-15-33-27(32)23-9-13-25(14-10-23)34-19-26(31)30-17-20(2)29(16-21(30)3)18-22-7-11-24(28)12-8-22/h7-14,20-21H,4-6,15-19H2,1-3H3/t20-,21+/m1/s1. The van der Waals surface area contributed by atoms with E-state index in [0.717, 1.165) is 37.9 Å². The number of rotatable bonds is 10.